The first kappa shape index (κ1) is 10.9. The largest absolute Gasteiger partial charge is 0.318 e. The van der Waals surface area contributed by atoms with E-state index < -0.39 is 0 Å². The lowest BCUT2D eigenvalue weighted by Crippen LogP contribution is -2.16. The van der Waals surface area contributed by atoms with Crippen LogP contribution in [0.15, 0.2) is 5.16 Å². The Morgan fingerprint density at radius 2 is 2.50 bits per heavy atom. The van der Waals surface area contributed by atoms with Crippen molar-refractivity contribution in [2.75, 3.05) is 13.6 Å². The molecule has 0 aromatic carbocycles. The first-order valence-corrected chi connectivity index (χ1v) is 5.13. The second-order valence-corrected chi connectivity index (χ2v) is 3.99. The summed E-state index contributed by atoms with van der Waals surface area (Å²) in [5.41, 5.74) is 0. The molecule has 1 N–H and O–H groups in total. The minimum Gasteiger partial charge on any atom is -0.318 e. The van der Waals surface area contributed by atoms with Crippen LogP contribution >= 0.6 is 11.8 Å². The van der Waals surface area contributed by atoms with Gasteiger partial charge in [0.2, 0.25) is 5.16 Å². The molecule has 76 valence electrons. The van der Waals surface area contributed by atoms with E-state index in [4.69, 9.17) is 5.26 Å². The summed E-state index contributed by atoms with van der Waals surface area (Å²) in [4.78, 5) is 0. The average Bonchev–Trinajstić information content (AvgIpc) is 2.62. The zero-order valence-corrected chi connectivity index (χ0v) is 8.95. The maximum atomic E-state index is 8.64. The molecule has 0 aliphatic rings. The number of rotatable bonds is 5. The molecule has 0 saturated carbocycles. The molecule has 1 heterocycles. The summed E-state index contributed by atoms with van der Waals surface area (Å²) in [5.74, 6) is 0. The van der Waals surface area contributed by atoms with E-state index in [1.165, 1.54) is 11.8 Å². The zero-order chi connectivity index (χ0) is 10.4. The van der Waals surface area contributed by atoms with E-state index in [0.29, 0.717) is 11.7 Å². The molecular weight excluding hydrogens is 200 g/mol. The molecule has 0 aliphatic carbocycles. The number of hydrogen-bond acceptors (Lipinski definition) is 6. The van der Waals surface area contributed by atoms with Crippen LogP contribution in [0.4, 0.5) is 0 Å². The van der Waals surface area contributed by atoms with Crippen LogP contribution in [0, 0.1) is 11.3 Å². The highest BCUT2D eigenvalue weighted by Gasteiger charge is 2.10. The number of aromatic nitrogens is 4. The second-order valence-electron chi connectivity index (χ2n) is 2.68. The van der Waals surface area contributed by atoms with E-state index in [9.17, 15) is 0 Å². The van der Waals surface area contributed by atoms with Crippen molar-refractivity contribution in [2.24, 2.45) is 0 Å². The molecule has 0 saturated heterocycles. The van der Waals surface area contributed by atoms with Crippen molar-refractivity contribution in [3.05, 3.63) is 0 Å². The zero-order valence-electron chi connectivity index (χ0n) is 8.14. The fourth-order valence-corrected chi connectivity index (χ4v) is 1.53. The number of nitriles is 1. The number of thioether (sulfide) groups is 1. The summed E-state index contributed by atoms with van der Waals surface area (Å²) in [6.07, 6.45) is 0. The van der Waals surface area contributed by atoms with Crippen LogP contribution in [0.5, 0.6) is 0 Å². The third-order valence-corrected chi connectivity index (χ3v) is 2.50. The van der Waals surface area contributed by atoms with Gasteiger partial charge in [0.25, 0.3) is 0 Å². The van der Waals surface area contributed by atoms with E-state index in [1.54, 1.807) is 4.68 Å². The molecule has 6 nitrogen and oxygen atoms in total. The van der Waals surface area contributed by atoms with Crippen molar-refractivity contribution < 1.29 is 0 Å². The minimum atomic E-state index is -0.130. The fraction of sp³-hybridized carbons (Fsp3) is 0.714. The third-order valence-electron chi connectivity index (χ3n) is 1.54. The molecule has 0 radical (unpaired) electrons. The van der Waals surface area contributed by atoms with E-state index in [0.717, 1.165) is 6.54 Å². The molecule has 1 unspecified atom stereocenters. The Balaban J connectivity index is 2.58. The molecule has 0 bridgehead atoms. The lowest BCUT2D eigenvalue weighted by molar-refractivity contribution is 0.529. The van der Waals surface area contributed by atoms with Gasteiger partial charge in [-0.25, -0.2) is 4.68 Å². The third kappa shape index (κ3) is 2.97. The van der Waals surface area contributed by atoms with Gasteiger partial charge in [-0.3, -0.25) is 0 Å². The van der Waals surface area contributed by atoms with Crippen LogP contribution in [0.2, 0.25) is 0 Å². The van der Waals surface area contributed by atoms with Gasteiger partial charge in [0.05, 0.1) is 17.9 Å². The predicted molar refractivity (Wildman–Crippen MR) is 52.7 cm³/mol. The average molecular weight is 212 g/mol. The first-order valence-electron chi connectivity index (χ1n) is 4.25. The SMILES string of the molecule is CNCCn1nnnc1SC(C)C#N. The standard InChI is InChI=1S/C7H12N6S/c1-6(5-8)14-7-10-11-12-13(7)4-3-9-2/h6,9H,3-4H2,1-2H3. The molecule has 0 amide bonds. The number of nitrogens with one attached hydrogen (secondary N) is 1. The summed E-state index contributed by atoms with van der Waals surface area (Å²) in [7, 11) is 1.87. The normalized spacial score (nSPS) is 12.4. The van der Waals surface area contributed by atoms with Gasteiger partial charge < -0.3 is 5.32 Å². The minimum absolute atomic E-state index is 0.130. The van der Waals surface area contributed by atoms with E-state index in [-0.39, 0.29) is 5.25 Å². The fourth-order valence-electron chi connectivity index (χ4n) is 0.823. The van der Waals surface area contributed by atoms with Crippen molar-refractivity contribution in [2.45, 2.75) is 23.9 Å². The number of tetrazole rings is 1. The van der Waals surface area contributed by atoms with Crippen molar-refractivity contribution in [1.82, 2.24) is 25.5 Å². The molecule has 0 fully saturated rings. The van der Waals surface area contributed by atoms with Gasteiger partial charge in [-0.1, -0.05) is 11.8 Å². The van der Waals surface area contributed by atoms with Crippen molar-refractivity contribution in [3.63, 3.8) is 0 Å². The van der Waals surface area contributed by atoms with Crippen LogP contribution in [0.1, 0.15) is 6.92 Å². The topological polar surface area (TPSA) is 79.4 Å². The Hall–Kier alpha value is -1.13. The van der Waals surface area contributed by atoms with Gasteiger partial charge in [-0.2, -0.15) is 5.26 Å². The molecule has 14 heavy (non-hydrogen) atoms. The molecule has 1 atom stereocenters. The molecule has 1 rings (SSSR count). The molecular formula is C7H12N6S. The highest BCUT2D eigenvalue weighted by molar-refractivity contribution is 8.00. The summed E-state index contributed by atoms with van der Waals surface area (Å²) >= 11 is 1.37. The van der Waals surface area contributed by atoms with Crippen LogP contribution in [-0.2, 0) is 6.54 Å². The van der Waals surface area contributed by atoms with Crippen LogP contribution < -0.4 is 5.32 Å². The summed E-state index contributed by atoms with van der Waals surface area (Å²) < 4.78 is 1.69. The van der Waals surface area contributed by atoms with Gasteiger partial charge >= 0.3 is 0 Å². The Bertz CT molecular complexity index is 316. The Labute approximate surface area is 86.7 Å². The molecule has 7 heteroatoms. The van der Waals surface area contributed by atoms with Gasteiger partial charge in [0.15, 0.2) is 0 Å². The Morgan fingerprint density at radius 1 is 1.71 bits per heavy atom. The van der Waals surface area contributed by atoms with E-state index in [1.807, 2.05) is 14.0 Å². The maximum absolute atomic E-state index is 8.64. The smallest absolute Gasteiger partial charge is 0.210 e. The van der Waals surface area contributed by atoms with Crippen molar-refractivity contribution in [3.8, 4) is 6.07 Å². The van der Waals surface area contributed by atoms with Crippen molar-refractivity contribution >= 4 is 11.8 Å². The summed E-state index contributed by atoms with van der Waals surface area (Å²) in [6, 6.07) is 2.12. The predicted octanol–water partition coefficient (Wildman–Crippen LogP) is -0.103. The molecule has 1 aromatic heterocycles. The number of nitrogens with zero attached hydrogens (tertiary/aromatic N) is 5. The highest BCUT2D eigenvalue weighted by Crippen LogP contribution is 2.18. The first-order chi connectivity index (χ1) is 6.77. The lowest BCUT2D eigenvalue weighted by atomic mass is 10.5. The van der Waals surface area contributed by atoms with Crippen molar-refractivity contribution in [1.29, 1.82) is 5.26 Å². The van der Waals surface area contributed by atoms with Crippen LogP contribution in [0.25, 0.3) is 0 Å². The van der Waals surface area contributed by atoms with Gasteiger partial charge in [-0.05, 0) is 24.4 Å². The van der Waals surface area contributed by atoms with E-state index in [2.05, 4.69) is 26.9 Å². The number of likely N-dealkylation sites (N-methyl/N-ethyl adjacent to an activating group) is 1. The van der Waals surface area contributed by atoms with Gasteiger partial charge in [-0.15, -0.1) is 5.10 Å². The maximum Gasteiger partial charge on any atom is 0.210 e. The summed E-state index contributed by atoms with van der Waals surface area (Å²) in [5, 5.41) is 23.4. The van der Waals surface area contributed by atoms with Crippen LogP contribution in [-0.4, -0.2) is 39.0 Å². The second kappa shape index (κ2) is 5.57. The highest BCUT2D eigenvalue weighted by atomic mass is 32.2. The summed E-state index contributed by atoms with van der Waals surface area (Å²) in [6.45, 7) is 3.34. The number of hydrogen-bond donors (Lipinski definition) is 1. The Kier molecular flexibility index (Phi) is 4.35. The Morgan fingerprint density at radius 3 is 3.14 bits per heavy atom. The quantitative estimate of drug-likeness (QED) is 0.686. The van der Waals surface area contributed by atoms with Gasteiger partial charge in [0.1, 0.15) is 0 Å². The van der Waals surface area contributed by atoms with Crippen LogP contribution in [0.3, 0.4) is 0 Å². The van der Waals surface area contributed by atoms with E-state index >= 15 is 0 Å². The molecule has 0 aliphatic heterocycles. The van der Waals surface area contributed by atoms with Gasteiger partial charge in [0, 0.05) is 6.54 Å². The monoisotopic (exact) mass is 212 g/mol. The molecule has 1 aromatic rings. The lowest BCUT2D eigenvalue weighted by Gasteiger charge is -2.03. The molecule has 0 spiro atoms.